The van der Waals surface area contributed by atoms with Gasteiger partial charge in [0.2, 0.25) is 5.43 Å². The Morgan fingerprint density at radius 2 is 1.45 bits per heavy atom. The van der Waals surface area contributed by atoms with Gasteiger partial charge in [0, 0.05) is 42.0 Å². The van der Waals surface area contributed by atoms with Gasteiger partial charge < -0.3 is 14.2 Å². The van der Waals surface area contributed by atoms with Gasteiger partial charge in [-0.1, -0.05) is 30.3 Å². The number of ether oxygens (including phenoxy) is 1. The molecule has 0 bridgehead atoms. The Bertz CT molecular complexity index is 1750. The normalized spacial score (nSPS) is 11.0. The molecule has 0 aliphatic heterocycles. The Hall–Kier alpha value is -4.92. The predicted octanol–water partition coefficient (Wildman–Crippen LogP) is 6.79. The maximum Gasteiger partial charge on any atom is 0.263 e. The lowest BCUT2D eigenvalue weighted by Gasteiger charge is -2.22. The lowest BCUT2D eigenvalue weighted by molar-refractivity contribution is 0.0987. The molecule has 0 aliphatic carbocycles. The first-order valence-electron chi connectivity index (χ1n) is 12.3. The summed E-state index contributed by atoms with van der Waals surface area (Å²) < 4.78 is 63.5. The van der Waals surface area contributed by atoms with Crippen molar-refractivity contribution in [2.24, 2.45) is 0 Å². The van der Waals surface area contributed by atoms with Crippen LogP contribution in [0.4, 0.5) is 23.2 Å². The zero-order chi connectivity index (χ0) is 28.4. The van der Waals surface area contributed by atoms with E-state index in [0.29, 0.717) is 17.9 Å². The molecule has 5 aromatic rings. The number of carbonyl (C=O) groups is 1. The van der Waals surface area contributed by atoms with E-state index >= 15 is 0 Å². The summed E-state index contributed by atoms with van der Waals surface area (Å²) in [5.74, 6) is -3.97. The van der Waals surface area contributed by atoms with Crippen LogP contribution in [0.3, 0.4) is 0 Å². The molecule has 0 unspecified atom stereocenters. The van der Waals surface area contributed by atoms with Crippen molar-refractivity contribution in [3.05, 3.63) is 136 Å². The minimum atomic E-state index is -0.893. The van der Waals surface area contributed by atoms with E-state index in [1.807, 2.05) is 30.3 Å². The molecule has 1 aromatic heterocycles. The van der Waals surface area contributed by atoms with Gasteiger partial charge in [-0.05, 0) is 48.9 Å². The fraction of sp³-hybridized carbons (Fsp3) is 0.0968. The van der Waals surface area contributed by atoms with Crippen molar-refractivity contribution in [1.82, 2.24) is 4.57 Å². The smallest absolute Gasteiger partial charge is 0.263 e. The first kappa shape index (κ1) is 26.7. The number of hydrogen-bond acceptors (Lipinski definition) is 3. The van der Waals surface area contributed by atoms with Crippen LogP contribution in [-0.2, 0) is 6.61 Å². The van der Waals surface area contributed by atoms with Gasteiger partial charge in [-0.15, -0.1) is 0 Å². The zero-order valence-electron chi connectivity index (χ0n) is 21.2. The van der Waals surface area contributed by atoms with Gasteiger partial charge in [0.1, 0.15) is 41.2 Å². The second-order valence-corrected chi connectivity index (χ2v) is 9.00. The SMILES string of the molecule is CCN(C(=O)c1cn(-c2cc(F)cc(F)c2)c2cc(OCc3ccccc3)ccc2c1=O)c1cc(F)cc(F)c1. The molecule has 0 saturated heterocycles. The highest BCUT2D eigenvalue weighted by molar-refractivity contribution is 6.07. The van der Waals surface area contributed by atoms with E-state index in [4.69, 9.17) is 4.74 Å². The molecule has 0 aliphatic rings. The molecular weight excluding hydrogens is 524 g/mol. The van der Waals surface area contributed by atoms with Crippen LogP contribution in [0.15, 0.2) is 95.9 Å². The molecule has 0 atom stereocenters. The molecule has 0 spiro atoms. The Balaban J connectivity index is 1.66. The maximum atomic E-state index is 14.2. The fourth-order valence-electron chi connectivity index (χ4n) is 4.46. The maximum absolute atomic E-state index is 14.2. The van der Waals surface area contributed by atoms with E-state index in [2.05, 4.69) is 0 Å². The molecule has 0 saturated carbocycles. The largest absolute Gasteiger partial charge is 0.489 e. The number of rotatable bonds is 7. The van der Waals surface area contributed by atoms with E-state index in [1.165, 1.54) is 22.9 Å². The Morgan fingerprint density at radius 3 is 2.08 bits per heavy atom. The number of aromatic nitrogens is 1. The topological polar surface area (TPSA) is 51.5 Å². The lowest BCUT2D eigenvalue weighted by atomic mass is 10.1. The number of carbonyl (C=O) groups excluding carboxylic acids is 1. The number of nitrogens with zero attached hydrogens (tertiary/aromatic N) is 2. The monoisotopic (exact) mass is 546 g/mol. The fourth-order valence-corrected chi connectivity index (χ4v) is 4.46. The van der Waals surface area contributed by atoms with Crippen LogP contribution in [0.1, 0.15) is 22.8 Å². The molecule has 1 heterocycles. The summed E-state index contributed by atoms with van der Waals surface area (Å²) in [6, 6.07) is 19.3. The van der Waals surface area contributed by atoms with Crippen molar-refractivity contribution in [2.45, 2.75) is 13.5 Å². The molecular formula is C31H22F4N2O3. The average Bonchev–Trinajstić information content (AvgIpc) is 2.92. The van der Waals surface area contributed by atoms with Crippen molar-refractivity contribution in [1.29, 1.82) is 0 Å². The first-order valence-corrected chi connectivity index (χ1v) is 12.3. The number of hydrogen-bond donors (Lipinski definition) is 0. The predicted molar refractivity (Wildman–Crippen MR) is 144 cm³/mol. The third-order valence-electron chi connectivity index (χ3n) is 6.30. The summed E-state index contributed by atoms with van der Waals surface area (Å²) in [6.07, 6.45) is 1.17. The van der Waals surface area contributed by atoms with Crippen LogP contribution < -0.4 is 15.1 Å². The van der Waals surface area contributed by atoms with Crippen molar-refractivity contribution in [2.75, 3.05) is 11.4 Å². The van der Waals surface area contributed by atoms with E-state index in [9.17, 15) is 27.2 Å². The van der Waals surface area contributed by atoms with E-state index in [1.54, 1.807) is 13.0 Å². The Kier molecular flexibility index (Phi) is 7.37. The molecule has 5 nitrogen and oxygen atoms in total. The van der Waals surface area contributed by atoms with Gasteiger partial charge in [0.25, 0.3) is 5.91 Å². The number of halogens is 4. The summed E-state index contributed by atoms with van der Waals surface area (Å²) in [5, 5.41) is 0.0732. The Morgan fingerprint density at radius 1 is 0.825 bits per heavy atom. The lowest BCUT2D eigenvalue weighted by Crippen LogP contribution is -2.35. The molecule has 0 radical (unpaired) electrons. The van der Waals surface area contributed by atoms with Crippen LogP contribution in [0.25, 0.3) is 16.6 Å². The van der Waals surface area contributed by atoms with Crippen molar-refractivity contribution >= 4 is 22.5 Å². The highest BCUT2D eigenvalue weighted by Gasteiger charge is 2.23. The number of fused-ring (bicyclic) bond motifs is 1. The number of amides is 1. The van der Waals surface area contributed by atoms with Crippen molar-refractivity contribution in [3.8, 4) is 11.4 Å². The van der Waals surface area contributed by atoms with Crippen LogP contribution in [-0.4, -0.2) is 17.0 Å². The molecule has 4 aromatic carbocycles. The number of anilines is 1. The summed E-state index contributed by atoms with van der Waals surface area (Å²) in [5.41, 5.74) is 0.0346. The quantitative estimate of drug-likeness (QED) is 0.211. The first-order chi connectivity index (χ1) is 19.2. The minimum absolute atomic E-state index is 0.0107. The number of benzene rings is 4. The van der Waals surface area contributed by atoms with Gasteiger partial charge in [0.05, 0.1) is 11.2 Å². The Labute approximate surface area is 226 Å². The van der Waals surface area contributed by atoms with Crippen LogP contribution in [0.5, 0.6) is 5.75 Å². The second-order valence-electron chi connectivity index (χ2n) is 9.00. The van der Waals surface area contributed by atoms with Crippen LogP contribution >= 0.6 is 0 Å². The molecule has 9 heteroatoms. The molecule has 0 fully saturated rings. The molecule has 0 N–H and O–H groups in total. The van der Waals surface area contributed by atoms with E-state index in [-0.39, 0.29) is 41.0 Å². The molecule has 202 valence electrons. The van der Waals surface area contributed by atoms with Crippen LogP contribution in [0, 0.1) is 23.3 Å². The summed E-state index contributed by atoms with van der Waals surface area (Å²) in [6.45, 7) is 1.80. The van der Waals surface area contributed by atoms with Crippen molar-refractivity contribution in [3.63, 3.8) is 0 Å². The van der Waals surface area contributed by atoms with Crippen molar-refractivity contribution < 1.29 is 27.1 Å². The third kappa shape index (κ3) is 5.44. The summed E-state index contributed by atoms with van der Waals surface area (Å²) in [4.78, 5) is 28.2. The van der Waals surface area contributed by atoms with Gasteiger partial charge in [0.15, 0.2) is 0 Å². The molecule has 40 heavy (non-hydrogen) atoms. The molecule has 1 amide bonds. The third-order valence-corrected chi connectivity index (χ3v) is 6.30. The minimum Gasteiger partial charge on any atom is -0.489 e. The number of pyridine rings is 1. The van der Waals surface area contributed by atoms with Crippen LogP contribution in [0.2, 0.25) is 0 Å². The zero-order valence-corrected chi connectivity index (χ0v) is 21.2. The average molecular weight is 547 g/mol. The molecule has 5 rings (SSSR count). The highest BCUT2D eigenvalue weighted by atomic mass is 19.1. The van der Waals surface area contributed by atoms with Gasteiger partial charge in [-0.3, -0.25) is 9.59 Å². The van der Waals surface area contributed by atoms with Gasteiger partial charge in [-0.25, -0.2) is 17.6 Å². The second kappa shape index (κ2) is 11.1. The highest BCUT2D eigenvalue weighted by Crippen LogP contribution is 2.26. The standard InChI is InChI=1S/C31H22F4N2O3/c1-2-36(24-12-20(32)10-21(33)13-24)31(39)28-17-37(25-14-22(34)11-23(35)15-25)29-16-26(8-9-27(29)30(28)38)40-18-19-6-4-3-5-7-19/h3-17H,2,18H2,1H3. The van der Waals surface area contributed by atoms with Gasteiger partial charge >= 0.3 is 0 Å². The van der Waals surface area contributed by atoms with E-state index in [0.717, 1.165) is 34.7 Å². The van der Waals surface area contributed by atoms with E-state index < -0.39 is 34.6 Å². The summed E-state index contributed by atoms with van der Waals surface area (Å²) >= 11 is 0. The summed E-state index contributed by atoms with van der Waals surface area (Å²) in [7, 11) is 0. The van der Waals surface area contributed by atoms with Gasteiger partial charge in [-0.2, -0.15) is 0 Å².